The molecular formula is C22H37N3O2. The van der Waals surface area contributed by atoms with Gasteiger partial charge in [0.15, 0.2) is 0 Å². The van der Waals surface area contributed by atoms with Crippen LogP contribution in [0.4, 0.5) is 0 Å². The first-order valence-electron chi connectivity index (χ1n) is 10.1. The summed E-state index contributed by atoms with van der Waals surface area (Å²) >= 11 is 0. The molecule has 1 aliphatic heterocycles. The Labute approximate surface area is 165 Å². The maximum atomic E-state index is 12.7. The highest BCUT2D eigenvalue weighted by molar-refractivity contribution is 5.76. The van der Waals surface area contributed by atoms with E-state index in [1.54, 1.807) is 7.11 Å². The van der Waals surface area contributed by atoms with Gasteiger partial charge in [-0.2, -0.15) is 5.26 Å². The molecular weight excluding hydrogens is 338 g/mol. The van der Waals surface area contributed by atoms with E-state index in [2.05, 4.69) is 36.6 Å². The summed E-state index contributed by atoms with van der Waals surface area (Å²) in [5.41, 5.74) is 0.710. The molecule has 1 aliphatic rings. The molecule has 1 amide bonds. The van der Waals surface area contributed by atoms with E-state index in [0.29, 0.717) is 6.42 Å². The van der Waals surface area contributed by atoms with E-state index in [1.165, 1.54) is 5.57 Å². The molecule has 0 aromatic carbocycles. The van der Waals surface area contributed by atoms with Gasteiger partial charge in [-0.05, 0) is 52.9 Å². The van der Waals surface area contributed by atoms with E-state index in [4.69, 9.17) is 4.74 Å². The van der Waals surface area contributed by atoms with E-state index in [1.807, 2.05) is 32.9 Å². The Hall–Kier alpha value is -1.64. The van der Waals surface area contributed by atoms with Crippen LogP contribution in [0.25, 0.3) is 0 Å². The van der Waals surface area contributed by atoms with Crippen molar-refractivity contribution in [3.63, 3.8) is 0 Å². The highest BCUT2D eigenvalue weighted by Crippen LogP contribution is 2.32. The van der Waals surface area contributed by atoms with Gasteiger partial charge in [-0.3, -0.25) is 10.1 Å². The summed E-state index contributed by atoms with van der Waals surface area (Å²) in [5.74, 6) is 0.218. The van der Waals surface area contributed by atoms with Crippen molar-refractivity contribution in [3.05, 3.63) is 23.8 Å². The maximum Gasteiger partial charge on any atom is 0.220 e. The van der Waals surface area contributed by atoms with Crippen molar-refractivity contribution >= 4 is 5.91 Å². The molecule has 27 heavy (non-hydrogen) atoms. The van der Waals surface area contributed by atoms with Crippen LogP contribution < -0.4 is 10.6 Å². The first-order chi connectivity index (χ1) is 12.8. The summed E-state index contributed by atoms with van der Waals surface area (Å²) < 4.78 is 5.92. The largest absolute Gasteiger partial charge is 0.376 e. The number of hydrogen-bond acceptors (Lipinski definition) is 4. The van der Waals surface area contributed by atoms with E-state index in [0.717, 1.165) is 25.7 Å². The molecule has 1 fully saturated rings. The van der Waals surface area contributed by atoms with Crippen molar-refractivity contribution in [2.24, 2.45) is 5.92 Å². The molecule has 5 atom stereocenters. The highest BCUT2D eigenvalue weighted by atomic mass is 16.5. The van der Waals surface area contributed by atoms with Crippen molar-refractivity contribution in [2.75, 3.05) is 7.11 Å². The number of amides is 1. The lowest BCUT2D eigenvalue weighted by atomic mass is 9.81. The van der Waals surface area contributed by atoms with Crippen molar-refractivity contribution < 1.29 is 9.53 Å². The average molecular weight is 376 g/mol. The summed E-state index contributed by atoms with van der Waals surface area (Å²) in [4.78, 5) is 12.7. The zero-order valence-corrected chi connectivity index (χ0v) is 17.8. The Balaban J connectivity index is 3.10. The van der Waals surface area contributed by atoms with Gasteiger partial charge in [0.25, 0.3) is 0 Å². The van der Waals surface area contributed by atoms with Crippen LogP contribution in [0.1, 0.15) is 66.7 Å². The van der Waals surface area contributed by atoms with E-state index in [9.17, 15) is 10.1 Å². The Morgan fingerprint density at radius 3 is 2.67 bits per heavy atom. The van der Waals surface area contributed by atoms with Gasteiger partial charge in [-0.25, -0.2) is 0 Å². The minimum Gasteiger partial charge on any atom is -0.376 e. The Morgan fingerprint density at radius 2 is 2.15 bits per heavy atom. The second kappa shape index (κ2) is 11.3. The van der Waals surface area contributed by atoms with Crippen LogP contribution >= 0.6 is 0 Å². The summed E-state index contributed by atoms with van der Waals surface area (Å²) in [6, 6.07) is 1.89. The van der Waals surface area contributed by atoms with Crippen LogP contribution in [-0.4, -0.2) is 36.7 Å². The molecule has 152 valence electrons. The molecule has 1 heterocycles. The van der Waals surface area contributed by atoms with Gasteiger partial charge in [0, 0.05) is 19.6 Å². The summed E-state index contributed by atoms with van der Waals surface area (Å²) in [6.45, 7) is 10.2. The van der Waals surface area contributed by atoms with Gasteiger partial charge in [0.2, 0.25) is 5.91 Å². The first kappa shape index (κ1) is 23.4. The fraction of sp³-hybridized carbons (Fsp3) is 0.727. The molecule has 0 aromatic rings. The number of carbonyl (C=O) groups is 1. The van der Waals surface area contributed by atoms with Gasteiger partial charge < -0.3 is 10.1 Å². The van der Waals surface area contributed by atoms with Crippen molar-refractivity contribution in [3.8, 4) is 6.07 Å². The zero-order chi connectivity index (χ0) is 20.4. The molecule has 5 nitrogen and oxygen atoms in total. The molecule has 2 N–H and O–H groups in total. The van der Waals surface area contributed by atoms with Gasteiger partial charge in [0.05, 0.1) is 23.8 Å². The van der Waals surface area contributed by atoms with Crippen LogP contribution in [0.15, 0.2) is 23.8 Å². The summed E-state index contributed by atoms with van der Waals surface area (Å²) in [5, 5.41) is 16.1. The topological polar surface area (TPSA) is 74.2 Å². The van der Waals surface area contributed by atoms with E-state index in [-0.39, 0.29) is 30.0 Å². The molecule has 0 bridgehead atoms. The SMILES string of the molecule is C/C=C\[C@@H]1C[C@H](C#N)N[C@H]1[C@@H](NC(=O)CC/C(C)=C/C)C(C)(CCC)OC. The quantitative estimate of drug-likeness (QED) is 0.569. The monoisotopic (exact) mass is 375 g/mol. The Bertz CT molecular complexity index is 579. The smallest absolute Gasteiger partial charge is 0.220 e. The number of ether oxygens (including phenoxy) is 1. The normalized spacial score (nSPS) is 26.6. The van der Waals surface area contributed by atoms with Crippen LogP contribution in [0.2, 0.25) is 0 Å². The Morgan fingerprint density at radius 1 is 1.44 bits per heavy atom. The number of nitriles is 1. The van der Waals surface area contributed by atoms with Crippen LogP contribution in [0, 0.1) is 17.2 Å². The lowest BCUT2D eigenvalue weighted by molar-refractivity contribution is -0.125. The van der Waals surface area contributed by atoms with Gasteiger partial charge in [0.1, 0.15) is 0 Å². The molecule has 1 rings (SSSR count). The molecule has 1 saturated heterocycles. The fourth-order valence-electron chi connectivity index (χ4n) is 3.93. The number of carbonyl (C=O) groups excluding carboxylic acids is 1. The molecule has 0 aromatic heterocycles. The molecule has 1 unspecified atom stereocenters. The van der Waals surface area contributed by atoms with Crippen LogP contribution in [-0.2, 0) is 9.53 Å². The lowest BCUT2D eigenvalue weighted by Gasteiger charge is -2.42. The number of nitrogens with zero attached hydrogens (tertiary/aromatic N) is 1. The summed E-state index contributed by atoms with van der Waals surface area (Å²) in [7, 11) is 1.71. The average Bonchev–Trinajstić information content (AvgIpc) is 3.07. The third-order valence-electron chi connectivity index (χ3n) is 5.74. The van der Waals surface area contributed by atoms with Gasteiger partial charge >= 0.3 is 0 Å². The number of nitrogens with one attached hydrogen (secondary N) is 2. The third kappa shape index (κ3) is 6.48. The van der Waals surface area contributed by atoms with Crippen LogP contribution in [0.5, 0.6) is 0 Å². The molecule has 0 aliphatic carbocycles. The number of rotatable bonds is 10. The van der Waals surface area contributed by atoms with Crippen molar-refractivity contribution in [1.29, 1.82) is 5.26 Å². The standard InChI is InChI=1S/C22H37N3O2/c1-7-10-17-14-18(15-23)24-20(17)21(22(5,27-6)13-8-2)25-19(26)12-11-16(4)9-3/h7,9-10,17-18,20-21,24H,8,11-14H2,1-6H3,(H,25,26)/b10-7-,16-9+/t17-,18-,20-,21-,22?/m1/s1. The fourth-order valence-corrected chi connectivity index (χ4v) is 3.93. The minimum absolute atomic E-state index is 0.0296. The van der Waals surface area contributed by atoms with Crippen molar-refractivity contribution in [2.45, 2.75) is 90.4 Å². The zero-order valence-electron chi connectivity index (χ0n) is 17.8. The number of hydrogen-bond donors (Lipinski definition) is 2. The first-order valence-corrected chi connectivity index (χ1v) is 10.1. The predicted octanol–water partition coefficient (Wildman–Crippen LogP) is 3.87. The highest BCUT2D eigenvalue weighted by Gasteiger charge is 2.46. The molecule has 5 heteroatoms. The summed E-state index contributed by atoms with van der Waals surface area (Å²) in [6.07, 6.45) is 9.96. The molecule has 0 saturated carbocycles. The second-order valence-corrected chi connectivity index (χ2v) is 7.75. The molecule has 0 spiro atoms. The van der Waals surface area contributed by atoms with Crippen LogP contribution in [0.3, 0.4) is 0 Å². The van der Waals surface area contributed by atoms with E-state index >= 15 is 0 Å². The number of methoxy groups -OCH3 is 1. The lowest BCUT2D eigenvalue weighted by Crippen LogP contribution is -2.62. The number of allylic oxidation sites excluding steroid dienone is 3. The Kier molecular flexibility index (Phi) is 9.76. The van der Waals surface area contributed by atoms with Gasteiger partial charge in [-0.15, -0.1) is 0 Å². The third-order valence-corrected chi connectivity index (χ3v) is 5.74. The maximum absolute atomic E-state index is 12.7. The molecule has 0 radical (unpaired) electrons. The van der Waals surface area contributed by atoms with Crippen molar-refractivity contribution in [1.82, 2.24) is 10.6 Å². The predicted molar refractivity (Wildman–Crippen MR) is 110 cm³/mol. The second-order valence-electron chi connectivity index (χ2n) is 7.75. The van der Waals surface area contributed by atoms with E-state index < -0.39 is 5.60 Å². The minimum atomic E-state index is -0.498. The van der Waals surface area contributed by atoms with Gasteiger partial charge in [-0.1, -0.05) is 37.1 Å².